The van der Waals surface area contributed by atoms with Crippen molar-refractivity contribution in [3.8, 4) is 0 Å². The van der Waals surface area contributed by atoms with Crippen molar-refractivity contribution in [1.82, 2.24) is 10.2 Å². The number of rotatable bonds is 7. The van der Waals surface area contributed by atoms with Crippen LogP contribution in [0.15, 0.2) is 41.8 Å². The molecule has 1 saturated heterocycles. The molecule has 4 heteroatoms. The van der Waals surface area contributed by atoms with Crippen LogP contribution < -0.4 is 5.32 Å². The summed E-state index contributed by atoms with van der Waals surface area (Å²) in [5.41, 5.74) is 2.59. The summed E-state index contributed by atoms with van der Waals surface area (Å²) in [5.74, 6) is 0.135. The number of amides is 1. The number of aryl methyl sites for hydroxylation is 1. The van der Waals surface area contributed by atoms with Gasteiger partial charge in [-0.1, -0.05) is 36.8 Å². The van der Waals surface area contributed by atoms with E-state index in [-0.39, 0.29) is 5.91 Å². The third-order valence-corrected chi connectivity index (χ3v) is 5.55. The zero-order chi connectivity index (χ0) is 16.6. The molecule has 0 atom stereocenters. The van der Waals surface area contributed by atoms with Gasteiger partial charge in [-0.15, -0.1) is 11.3 Å². The van der Waals surface area contributed by atoms with Gasteiger partial charge in [0.05, 0.1) is 0 Å². The number of hydrogen-bond acceptors (Lipinski definition) is 3. The first-order chi connectivity index (χ1) is 11.8. The summed E-state index contributed by atoms with van der Waals surface area (Å²) >= 11 is 1.72. The molecule has 0 saturated carbocycles. The normalized spacial score (nSPS) is 15.3. The number of hydrogen-bond donors (Lipinski definition) is 1. The zero-order valence-corrected chi connectivity index (χ0v) is 15.0. The Balaban J connectivity index is 1.49. The predicted octanol–water partition coefficient (Wildman–Crippen LogP) is 3.98. The van der Waals surface area contributed by atoms with E-state index in [1.165, 1.54) is 48.4 Å². The number of benzene rings is 1. The maximum atomic E-state index is 12.1. The fourth-order valence-corrected chi connectivity index (χ4v) is 3.93. The molecule has 0 spiro atoms. The Bertz CT molecular complexity index is 633. The topological polar surface area (TPSA) is 32.3 Å². The van der Waals surface area contributed by atoms with Crippen LogP contribution in [0.4, 0.5) is 0 Å². The molecule has 2 aromatic rings. The molecule has 1 N–H and O–H groups in total. The van der Waals surface area contributed by atoms with Crippen molar-refractivity contribution in [2.45, 2.75) is 45.2 Å². The van der Waals surface area contributed by atoms with E-state index in [2.05, 4.69) is 45.9 Å². The van der Waals surface area contributed by atoms with E-state index < -0.39 is 0 Å². The van der Waals surface area contributed by atoms with Crippen molar-refractivity contribution in [3.05, 3.63) is 57.8 Å². The van der Waals surface area contributed by atoms with Crippen molar-refractivity contribution >= 4 is 17.2 Å². The number of likely N-dealkylation sites (tertiary alicyclic amines) is 1. The molecule has 0 aliphatic carbocycles. The molecule has 1 aromatic heterocycles. The molecule has 1 aliphatic rings. The predicted molar refractivity (Wildman–Crippen MR) is 100 cm³/mol. The molecule has 128 valence electrons. The quantitative estimate of drug-likeness (QED) is 0.825. The average Bonchev–Trinajstić information content (AvgIpc) is 3.14. The molecule has 24 heavy (non-hydrogen) atoms. The van der Waals surface area contributed by atoms with Gasteiger partial charge in [0.2, 0.25) is 5.91 Å². The third-order valence-electron chi connectivity index (χ3n) is 4.62. The Morgan fingerprint density at radius 2 is 1.83 bits per heavy atom. The van der Waals surface area contributed by atoms with Crippen molar-refractivity contribution in [3.63, 3.8) is 0 Å². The van der Waals surface area contributed by atoms with Crippen molar-refractivity contribution < 1.29 is 4.79 Å². The minimum Gasteiger partial charge on any atom is -0.352 e. The average molecular weight is 343 g/mol. The lowest BCUT2D eigenvalue weighted by Gasteiger charge is -2.27. The van der Waals surface area contributed by atoms with Gasteiger partial charge >= 0.3 is 0 Å². The van der Waals surface area contributed by atoms with Gasteiger partial charge in [0.25, 0.3) is 0 Å². The highest BCUT2D eigenvalue weighted by molar-refractivity contribution is 7.09. The fraction of sp³-hybridized carbons (Fsp3) is 0.450. The second-order valence-corrected chi connectivity index (χ2v) is 7.49. The van der Waals surface area contributed by atoms with Crippen molar-refractivity contribution in [1.29, 1.82) is 0 Å². The first-order valence-electron chi connectivity index (χ1n) is 8.89. The van der Waals surface area contributed by atoms with Crippen LogP contribution in [-0.4, -0.2) is 23.9 Å². The second-order valence-electron chi connectivity index (χ2n) is 6.46. The maximum absolute atomic E-state index is 12.1. The molecule has 1 aliphatic heterocycles. The van der Waals surface area contributed by atoms with Crippen molar-refractivity contribution in [2.75, 3.05) is 13.1 Å². The molecule has 3 rings (SSSR count). The summed E-state index contributed by atoms with van der Waals surface area (Å²) in [6.07, 6.45) is 5.37. The van der Waals surface area contributed by atoms with E-state index in [0.29, 0.717) is 13.0 Å². The molecule has 1 fully saturated rings. The van der Waals surface area contributed by atoms with Crippen LogP contribution in [-0.2, 0) is 24.3 Å². The summed E-state index contributed by atoms with van der Waals surface area (Å²) in [7, 11) is 0. The number of carbonyl (C=O) groups is 1. The number of nitrogens with zero attached hydrogens (tertiary/aromatic N) is 1. The molecule has 1 amide bonds. The standard InChI is InChI=1S/C20H26N2OS/c23-20(11-10-19-9-6-14-24-19)21-15-17-7-2-3-8-18(17)16-22-12-4-1-5-13-22/h2-3,6-9,14H,1,4-5,10-13,15-16H2,(H,21,23). The zero-order valence-electron chi connectivity index (χ0n) is 14.2. The number of nitrogens with one attached hydrogen (secondary N) is 1. The van der Waals surface area contributed by atoms with Crippen LogP contribution in [0.1, 0.15) is 41.7 Å². The van der Waals surface area contributed by atoms with E-state index in [4.69, 9.17) is 0 Å². The maximum Gasteiger partial charge on any atom is 0.220 e. The van der Waals surface area contributed by atoms with Gasteiger partial charge in [-0.25, -0.2) is 0 Å². The van der Waals surface area contributed by atoms with Crippen LogP contribution in [0.3, 0.4) is 0 Å². The number of carbonyl (C=O) groups excluding carboxylic acids is 1. The van der Waals surface area contributed by atoms with Gasteiger partial charge < -0.3 is 5.32 Å². The van der Waals surface area contributed by atoms with Crippen LogP contribution in [0, 0.1) is 0 Å². The SMILES string of the molecule is O=C(CCc1cccs1)NCc1ccccc1CN1CCCCC1. The van der Waals surface area contributed by atoms with Gasteiger partial charge in [0.15, 0.2) is 0 Å². The first kappa shape index (κ1) is 17.2. The molecule has 0 unspecified atom stereocenters. The molecule has 1 aromatic carbocycles. The van der Waals surface area contributed by atoms with E-state index >= 15 is 0 Å². The lowest BCUT2D eigenvalue weighted by molar-refractivity contribution is -0.121. The molecule has 2 heterocycles. The van der Waals surface area contributed by atoms with Crippen LogP contribution in [0.25, 0.3) is 0 Å². The highest BCUT2D eigenvalue weighted by Gasteiger charge is 2.12. The van der Waals surface area contributed by atoms with Gasteiger partial charge in [0, 0.05) is 24.4 Å². The Morgan fingerprint density at radius 1 is 1.04 bits per heavy atom. The second kappa shape index (κ2) is 9.00. The molecular weight excluding hydrogens is 316 g/mol. The summed E-state index contributed by atoms with van der Waals surface area (Å²) in [5, 5.41) is 5.15. The van der Waals surface area contributed by atoms with Gasteiger partial charge in [-0.3, -0.25) is 9.69 Å². The van der Waals surface area contributed by atoms with E-state index in [1.54, 1.807) is 11.3 Å². The molecule has 0 radical (unpaired) electrons. The number of thiophene rings is 1. The first-order valence-corrected chi connectivity index (χ1v) is 9.77. The smallest absolute Gasteiger partial charge is 0.220 e. The Kier molecular flexibility index (Phi) is 6.44. The van der Waals surface area contributed by atoms with Crippen LogP contribution >= 0.6 is 11.3 Å². The minimum absolute atomic E-state index is 0.135. The molecule has 3 nitrogen and oxygen atoms in total. The summed E-state index contributed by atoms with van der Waals surface area (Å²) in [6, 6.07) is 12.6. The van der Waals surface area contributed by atoms with Gasteiger partial charge in [0.1, 0.15) is 0 Å². The molecule has 0 bridgehead atoms. The summed E-state index contributed by atoms with van der Waals surface area (Å²) in [4.78, 5) is 15.9. The minimum atomic E-state index is 0.135. The van der Waals surface area contributed by atoms with E-state index in [9.17, 15) is 4.79 Å². The Morgan fingerprint density at radius 3 is 2.58 bits per heavy atom. The highest BCUT2D eigenvalue weighted by atomic mass is 32.1. The third kappa shape index (κ3) is 5.18. The van der Waals surface area contributed by atoms with Gasteiger partial charge in [-0.05, 0) is 54.9 Å². The number of piperidine rings is 1. The van der Waals surface area contributed by atoms with Crippen LogP contribution in [0.5, 0.6) is 0 Å². The molecular formula is C20H26N2OS. The highest BCUT2D eigenvalue weighted by Crippen LogP contribution is 2.16. The fourth-order valence-electron chi connectivity index (χ4n) is 3.22. The van der Waals surface area contributed by atoms with Crippen molar-refractivity contribution in [2.24, 2.45) is 0 Å². The monoisotopic (exact) mass is 342 g/mol. The van der Waals surface area contributed by atoms with Gasteiger partial charge in [-0.2, -0.15) is 0 Å². The Hall–Kier alpha value is -1.65. The lowest BCUT2D eigenvalue weighted by Crippen LogP contribution is -2.30. The Labute approximate surface area is 148 Å². The summed E-state index contributed by atoms with van der Waals surface area (Å²) in [6.45, 7) is 4.03. The van der Waals surface area contributed by atoms with Crippen LogP contribution in [0.2, 0.25) is 0 Å². The summed E-state index contributed by atoms with van der Waals surface area (Å²) < 4.78 is 0. The van der Waals surface area contributed by atoms with E-state index in [1.807, 2.05) is 6.07 Å². The largest absolute Gasteiger partial charge is 0.352 e. The lowest BCUT2D eigenvalue weighted by atomic mass is 10.0. The van der Waals surface area contributed by atoms with E-state index in [0.717, 1.165) is 13.0 Å².